The predicted octanol–water partition coefficient (Wildman–Crippen LogP) is 3.99. The molecule has 0 bridgehead atoms. The molecule has 98 valence electrons. The van der Waals surface area contributed by atoms with Crippen LogP contribution in [0.1, 0.15) is 20.8 Å². The zero-order chi connectivity index (χ0) is 13.6. The molecule has 0 saturated carbocycles. The molecule has 1 aliphatic heterocycles. The van der Waals surface area contributed by atoms with Crippen LogP contribution in [0, 0.1) is 0 Å². The molecule has 1 aromatic heterocycles. The second-order valence-corrected chi connectivity index (χ2v) is 5.85. The first-order valence-corrected chi connectivity index (χ1v) is 7.15. The fraction of sp³-hybridized carbons (Fsp3) is 0.267. The van der Waals surface area contributed by atoms with Crippen LogP contribution in [0.2, 0.25) is 0 Å². The highest BCUT2D eigenvalue weighted by Gasteiger charge is 2.21. The fourth-order valence-corrected chi connectivity index (χ4v) is 3.26. The monoisotopic (exact) mass is 317 g/mol. The minimum absolute atomic E-state index is 0.292. The summed E-state index contributed by atoms with van der Waals surface area (Å²) in [6.45, 7) is 6.44. The van der Waals surface area contributed by atoms with Gasteiger partial charge in [-0.2, -0.15) is 9.89 Å². The zero-order valence-corrected chi connectivity index (χ0v) is 12.8. The standard InChI is InChI=1S/C15H16BrN3/c1-10-7-11(2)18(12(3)8-10)19-15-13(9-17-19)5-4-6-14(15)16/h4-9,11H,1-3H3. The molecule has 1 atom stereocenters. The van der Waals surface area contributed by atoms with Crippen molar-refractivity contribution in [2.45, 2.75) is 26.8 Å². The number of nitrogens with zero attached hydrogens (tertiary/aromatic N) is 3. The third-order valence-electron chi connectivity index (χ3n) is 3.42. The molecule has 1 aliphatic rings. The van der Waals surface area contributed by atoms with Gasteiger partial charge in [0, 0.05) is 15.6 Å². The molecule has 0 spiro atoms. The third-order valence-corrected chi connectivity index (χ3v) is 4.06. The van der Waals surface area contributed by atoms with Crippen molar-refractivity contribution >= 4 is 26.8 Å². The van der Waals surface area contributed by atoms with E-state index in [1.165, 1.54) is 11.3 Å². The number of halogens is 1. The Morgan fingerprint density at radius 2 is 2.05 bits per heavy atom. The molecule has 0 N–H and O–H groups in total. The molecule has 0 aliphatic carbocycles. The van der Waals surface area contributed by atoms with Gasteiger partial charge in [-0.05, 0) is 48.8 Å². The van der Waals surface area contributed by atoms with E-state index in [0.29, 0.717) is 6.04 Å². The Morgan fingerprint density at radius 1 is 1.26 bits per heavy atom. The first-order chi connectivity index (χ1) is 9.08. The SMILES string of the molecule is CC1=CC(C)N(n2ncc3cccc(Br)c32)C(C)=C1. The number of allylic oxidation sites excluding steroid dienone is 3. The molecule has 2 heterocycles. The molecule has 2 aromatic rings. The van der Waals surface area contributed by atoms with Gasteiger partial charge in [-0.15, -0.1) is 0 Å². The summed E-state index contributed by atoms with van der Waals surface area (Å²) in [6.07, 6.45) is 6.34. The van der Waals surface area contributed by atoms with Crippen LogP contribution >= 0.6 is 15.9 Å². The average Bonchev–Trinajstić information content (AvgIpc) is 2.73. The summed E-state index contributed by atoms with van der Waals surface area (Å²) >= 11 is 3.62. The number of para-hydroxylation sites is 1. The first kappa shape index (κ1) is 12.5. The lowest BCUT2D eigenvalue weighted by molar-refractivity contribution is 0.558. The van der Waals surface area contributed by atoms with Crippen LogP contribution in [0.4, 0.5) is 0 Å². The smallest absolute Gasteiger partial charge is 0.107 e. The van der Waals surface area contributed by atoms with Gasteiger partial charge < -0.3 is 0 Å². The van der Waals surface area contributed by atoms with E-state index in [2.05, 4.69) is 71.1 Å². The normalized spacial score (nSPS) is 19.6. The van der Waals surface area contributed by atoms with Crippen molar-refractivity contribution in [1.29, 1.82) is 0 Å². The van der Waals surface area contributed by atoms with Crippen LogP contribution in [-0.2, 0) is 0 Å². The maximum Gasteiger partial charge on any atom is 0.107 e. The van der Waals surface area contributed by atoms with Gasteiger partial charge in [0.15, 0.2) is 0 Å². The summed E-state index contributed by atoms with van der Waals surface area (Å²) in [5.41, 5.74) is 3.61. The molecule has 19 heavy (non-hydrogen) atoms. The molecule has 1 unspecified atom stereocenters. The van der Waals surface area contributed by atoms with Gasteiger partial charge in [-0.25, -0.2) is 0 Å². The number of hydrogen-bond donors (Lipinski definition) is 0. The van der Waals surface area contributed by atoms with Crippen molar-refractivity contribution in [3.05, 3.63) is 52.3 Å². The van der Waals surface area contributed by atoms with Crippen LogP contribution in [0.25, 0.3) is 10.9 Å². The molecule has 4 heteroatoms. The van der Waals surface area contributed by atoms with Crippen LogP contribution in [-0.4, -0.2) is 15.9 Å². The van der Waals surface area contributed by atoms with Crippen molar-refractivity contribution in [2.75, 3.05) is 5.01 Å². The maximum atomic E-state index is 4.55. The van der Waals surface area contributed by atoms with Crippen LogP contribution < -0.4 is 5.01 Å². The zero-order valence-electron chi connectivity index (χ0n) is 11.3. The van der Waals surface area contributed by atoms with Gasteiger partial charge in [0.05, 0.1) is 12.2 Å². The number of aromatic nitrogens is 2. The van der Waals surface area contributed by atoms with Crippen molar-refractivity contribution in [1.82, 2.24) is 9.89 Å². The molecule has 0 radical (unpaired) electrons. The van der Waals surface area contributed by atoms with Crippen molar-refractivity contribution in [2.24, 2.45) is 0 Å². The summed E-state index contributed by atoms with van der Waals surface area (Å²) in [5, 5.41) is 7.90. The minimum Gasteiger partial charge on any atom is -0.263 e. The first-order valence-electron chi connectivity index (χ1n) is 6.36. The highest BCUT2D eigenvalue weighted by atomic mass is 79.9. The summed E-state index contributed by atoms with van der Waals surface area (Å²) < 4.78 is 1.06. The minimum atomic E-state index is 0.292. The van der Waals surface area contributed by atoms with Crippen LogP contribution in [0.3, 0.4) is 0 Å². The molecule has 3 nitrogen and oxygen atoms in total. The molecule has 0 fully saturated rings. The van der Waals surface area contributed by atoms with Crippen molar-refractivity contribution in [3.63, 3.8) is 0 Å². The van der Waals surface area contributed by atoms with E-state index in [4.69, 9.17) is 0 Å². The van der Waals surface area contributed by atoms with Crippen LogP contribution in [0.5, 0.6) is 0 Å². The van der Waals surface area contributed by atoms with Gasteiger partial charge in [0.25, 0.3) is 0 Å². The van der Waals surface area contributed by atoms with Gasteiger partial charge >= 0.3 is 0 Å². The Kier molecular flexibility index (Phi) is 2.97. The fourth-order valence-electron chi connectivity index (χ4n) is 2.72. The van der Waals surface area contributed by atoms with Gasteiger partial charge in [0.2, 0.25) is 0 Å². The lowest BCUT2D eigenvalue weighted by Gasteiger charge is -2.33. The quantitative estimate of drug-likeness (QED) is 0.793. The number of fused-ring (bicyclic) bond motifs is 1. The predicted molar refractivity (Wildman–Crippen MR) is 82.6 cm³/mol. The van der Waals surface area contributed by atoms with E-state index >= 15 is 0 Å². The molecule has 0 saturated heterocycles. The Balaban J connectivity index is 2.18. The molecule has 1 aromatic carbocycles. The van der Waals surface area contributed by atoms with E-state index in [1.54, 1.807) is 0 Å². The second kappa shape index (κ2) is 4.53. The molecular formula is C15H16BrN3. The average molecular weight is 318 g/mol. The third kappa shape index (κ3) is 2.00. The number of rotatable bonds is 1. The van der Waals surface area contributed by atoms with Gasteiger partial charge in [0.1, 0.15) is 5.52 Å². The highest BCUT2D eigenvalue weighted by molar-refractivity contribution is 9.10. The van der Waals surface area contributed by atoms with Crippen molar-refractivity contribution < 1.29 is 0 Å². The van der Waals surface area contributed by atoms with E-state index in [9.17, 15) is 0 Å². The lowest BCUT2D eigenvalue weighted by Crippen LogP contribution is -2.42. The van der Waals surface area contributed by atoms with E-state index < -0.39 is 0 Å². The summed E-state index contributed by atoms with van der Waals surface area (Å²) in [6, 6.07) is 6.46. The van der Waals surface area contributed by atoms with E-state index in [1.807, 2.05) is 17.1 Å². The lowest BCUT2D eigenvalue weighted by atomic mass is 10.1. The topological polar surface area (TPSA) is 21.1 Å². The Bertz CT molecular complexity index is 696. The summed E-state index contributed by atoms with van der Waals surface area (Å²) in [7, 11) is 0. The highest BCUT2D eigenvalue weighted by Crippen LogP contribution is 2.27. The largest absolute Gasteiger partial charge is 0.263 e. The summed E-state index contributed by atoms with van der Waals surface area (Å²) in [5.74, 6) is 0. The maximum absolute atomic E-state index is 4.55. The summed E-state index contributed by atoms with van der Waals surface area (Å²) in [4.78, 5) is 1.98. The van der Waals surface area contributed by atoms with Gasteiger partial charge in [-0.1, -0.05) is 23.8 Å². The van der Waals surface area contributed by atoms with E-state index in [-0.39, 0.29) is 0 Å². The van der Waals surface area contributed by atoms with Crippen LogP contribution in [0.15, 0.2) is 52.3 Å². The molecular weight excluding hydrogens is 302 g/mol. The number of hydrogen-bond acceptors (Lipinski definition) is 2. The Hall–Kier alpha value is -1.55. The number of benzene rings is 1. The van der Waals surface area contributed by atoms with E-state index in [0.717, 1.165) is 15.4 Å². The molecule has 3 rings (SSSR count). The van der Waals surface area contributed by atoms with Gasteiger partial charge in [-0.3, -0.25) is 5.01 Å². The Labute approximate surface area is 121 Å². The second-order valence-electron chi connectivity index (χ2n) is 4.99. The van der Waals surface area contributed by atoms with Crippen molar-refractivity contribution in [3.8, 4) is 0 Å². The molecule has 0 amide bonds. The Morgan fingerprint density at radius 3 is 2.79 bits per heavy atom.